The molecule has 2 heterocycles. The van der Waals surface area contributed by atoms with Gasteiger partial charge < -0.3 is 10.1 Å². The van der Waals surface area contributed by atoms with E-state index in [1.54, 1.807) is 19.1 Å². The number of hydrogen-bond acceptors (Lipinski definition) is 8. The zero-order chi connectivity index (χ0) is 22.7. The predicted octanol–water partition coefficient (Wildman–Crippen LogP) is 3.90. The number of nitrogens with zero attached hydrogens (tertiary/aromatic N) is 4. The van der Waals surface area contributed by atoms with Gasteiger partial charge in [0.2, 0.25) is 11.1 Å². The van der Waals surface area contributed by atoms with Gasteiger partial charge in [0.1, 0.15) is 10.8 Å². The van der Waals surface area contributed by atoms with Crippen LogP contribution in [-0.2, 0) is 22.4 Å². The number of hydrogen-bond donors (Lipinski definition) is 1. The van der Waals surface area contributed by atoms with Crippen LogP contribution >= 0.6 is 23.1 Å². The lowest BCUT2D eigenvalue weighted by molar-refractivity contribution is -0.113. The van der Waals surface area contributed by atoms with E-state index in [1.165, 1.54) is 28.2 Å². The normalized spacial score (nSPS) is 15.3. The molecule has 1 amide bonds. The van der Waals surface area contributed by atoms with Crippen LogP contribution < -0.4 is 5.32 Å². The highest BCUT2D eigenvalue weighted by Crippen LogP contribution is 2.40. The average Bonchev–Trinajstić information content (AvgIpc) is 3.36. The number of nitrogens with one attached hydrogen (secondary N) is 1. The Morgan fingerprint density at radius 2 is 2.12 bits per heavy atom. The summed E-state index contributed by atoms with van der Waals surface area (Å²) in [5, 5.41) is 15.3. The van der Waals surface area contributed by atoms with Crippen molar-refractivity contribution in [3.63, 3.8) is 0 Å². The first-order valence-corrected chi connectivity index (χ1v) is 12.0. The van der Waals surface area contributed by atoms with Crippen LogP contribution in [0.3, 0.4) is 0 Å². The van der Waals surface area contributed by atoms with Crippen LogP contribution in [0.1, 0.15) is 41.1 Å². The Morgan fingerprint density at radius 3 is 2.88 bits per heavy atom. The number of amides is 1. The van der Waals surface area contributed by atoms with E-state index < -0.39 is 5.97 Å². The van der Waals surface area contributed by atoms with Gasteiger partial charge in [0.15, 0.2) is 0 Å². The third-order valence-electron chi connectivity index (χ3n) is 5.09. The van der Waals surface area contributed by atoms with Gasteiger partial charge in [-0.2, -0.15) is 4.68 Å². The molecule has 11 heteroatoms. The molecular formula is C21H22FN5O3S2. The molecule has 3 aromatic rings. The molecule has 0 fully saturated rings. The van der Waals surface area contributed by atoms with E-state index in [0.717, 1.165) is 41.5 Å². The first-order chi connectivity index (χ1) is 15.5. The Balaban J connectivity index is 1.48. The molecule has 1 aromatic carbocycles. The van der Waals surface area contributed by atoms with E-state index in [2.05, 4.69) is 27.8 Å². The van der Waals surface area contributed by atoms with E-state index in [9.17, 15) is 14.0 Å². The number of aromatic nitrogens is 4. The van der Waals surface area contributed by atoms with Gasteiger partial charge in [-0.05, 0) is 72.4 Å². The van der Waals surface area contributed by atoms with Crippen molar-refractivity contribution < 1.29 is 18.7 Å². The fourth-order valence-electron chi connectivity index (χ4n) is 3.56. The van der Waals surface area contributed by atoms with Gasteiger partial charge >= 0.3 is 5.97 Å². The van der Waals surface area contributed by atoms with Crippen molar-refractivity contribution >= 4 is 40.0 Å². The molecule has 8 nitrogen and oxygen atoms in total. The molecule has 168 valence electrons. The minimum absolute atomic E-state index is 0.0444. The number of rotatable bonds is 7. The molecular weight excluding hydrogens is 453 g/mol. The minimum atomic E-state index is -0.400. The summed E-state index contributed by atoms with van der Waals surface area (Å²) in [6.45, 7) is 4.22. The fourth-order valence-corrected chi connectivity index (χ4v) is 5.67. The second-order valence-corrected chi connectivity index (χ2v) is 9.51. The first-order valence-electron chi connectivity index (χ1n) is 10.2. The number of fused-ring (bicyclic) bond motifs is 1. The van der Waals surface area contributed by atoms with Crippen molar-refractivity contribution in [1.82, 2.24) is 20.2 Å². The Morgan fingerprint density at radius 1 is 1.34 bits per heavy atom. The lowest BCUT2D eigenvalue weighted by Gasteiger charge is -2.18. The van der Waals surface area contributed by atoms with Crippen molar-refractivity contribution in [2.24, 2.45) is 5.92 Å². The maximum Gasteiger partial charge on any atom is 0.341 e. The summed E-state index contributed by atoms with van der Waals surface area (Å²) in [5.41, 5.74) is 2.06. The molecule has 1 aliphatic carbocycles. The van der Waals surface area contributed by atoms with Crippen molar-refractivity contribution in [3.05, 3.63) is 46.1 Å². The molecule has 1 N–H and O–H groups in total. The maximum atomic E-state index is 13.2. The standard InChI is InChI=1S/C21H22FN5O3S2/c1-3-30-20(29)18-15-9-4-12(2)10-16(15)32-19(18)23-17(28)11-31-21-24-25-26-27(21)14-7-5-13(22)6-8-14/h5-8,12H,3-4,9-11H2,1-2H3,(H,23,28). The molecule has 32 heavy (non-hydrogen) atoms. The summed E-state index contributed by atoms with van der Waals surface area (Å²) < 4.78 is 19.9. The molecule has 1 unspecified atom stereocenters. The number of carbonyl (C=O) groups excluding carboxylic acids is 2. The zero-order valence-corrected chi connectivity index (χ0v) is 19.3. The third kappa shape index (κ3) is 4.83. The van der Waals surface area contributed by atoms with E-state index in [1.807, 2.05) is 0 Å². The fraction of sp³-hybridized carbons (Fsp3) is 0.381. The van der Waals surface area contributed by atoms with Crippen LogP contribution in [-0.4, -0.2) is 44.4 Å². The average molecular weight is 476 g/mol. The number of halogens is 1. The van der Waals surface area contributed by atoms with Gasteiger partial charge in [-0.15, -0.1) is 16.4 Å². The number of esters is 1. The van der Waals surface area contributed by atoms with Crippen LogP contribution in [0.2, 0.25) is 0 Å². The van der Waals surface area contributed by atoms with Crippen molar-refractivity contribution in [1.29, 1.82) is 0 Å². The molecule has 0 saturated heterocycles. The van der Waals surface area contributed by atoms with Crippen LogP contribution in [0.25, 0.3) is 5.69 Å². The van der Waals surface area contributed by atoms with Crippen molar-refractivity contribution in [3.8, 4) is 5.69 Å². The number of tetrazole rings is 1. The second kappa shape index (κ2) is 9.78. The Labute approximate surface area is 192 Å². The summed E-state index contributed by atoms with van der Waals surface area (Å²) in [6.07, 6.45) is 2.70. The predicted molar refractivity (Wildman–Crippen MR) is 120 cm³/mol. The quantitative estimate of drug-likeness (QED) is 0.409. The van der Waals surface area contributed by atoms with E-state index >= 15 is 0 Å². The van der Waals surface area contributed by atoms with Crippen LogP contribution in [0.5, 0.6) is 0 Å². The number of ether oxygens (including phenoxy) is 1. The maximum absolute atomic E-state index is 13.2. The van der Waals surface area contributed by atoms with Crippen LogP contribution in [0, 0.1) is 11.7 Å². The molecule has 1 atom stereocenters. The minimum Gasteiger partial charge on any atom is -0.462 e. The Hall–Kier alpha value is -2.79. The van der Waals surface area contributed by atoms with Crippen molar-refractivity contribution in [2.45, 2.75) is 38.3 Å². The highest BCUT2D eigenvalue weighted by atomic mass is 32.2. The van der Waals surface area contributed by atoms with Crippen molar-refractivity contribution in [2.75, 3.05) is 17.7 Å². The number of benzene rings is 1. The molecule has 1 aliphatic rings. The van der Waals surface area contributed by atoms with Gasteiger partial charge in [-0.1, -0.05) is 18.7 Å². The molecule has 4 rings (SSSR count). The van der Waals surface area contributed by atoms with Gasteiger partial charge in [-0.25, -0.2) is 9.18 Å². The first kappa shape index (κ1) is 22.4. The highest BCUT2D eigenvalue weighted by molar-refractivity contribution is 7.99. The molecule has 0 aliphatic heterocycles. The monoisotopic (exact) mass is 475 g/mol. The largest absolute Gasteiger partial charge is 0.462 e. The summed E-state index contributed by atoms with van der Waals surface area (Å²) in [4.78, 5) is 26.4. The Kier molecular flexibility index (Phi) is 6.85. The topological polar surface area (TPSA) is 99.0 Å². The number of anilines is 1. The third-order valence-corrected chi connectivity index (χ3v) is 7.18. The molecule has 0 spiro atoms. The summed E-state index contributed by atoms with van der Waals surface area (Å²) in [7, 11) is 0. The summed E-state index contributed by atoms with van der Waals surface area (Å²) in [6, 6.07) is 5.74. The number of carbonyl (C=O) groups is 2. The van der Waals surface area contributed by atoms with Crippen LogP contribution in [0.15, 0.2) is 29.4 Å². The summed E-state index contributed by atoms with van der Waals surface area (Å²) in [5.74, 6) is -0.451. The number of thioether (sulfide) groups is 1. The SMILES string of the molecule is CCOC(=O)c1c(NC(=O)CSc2nnnn2-c2ccc(F)cc2)sc2c1CCC(C)C2. The van der Waals surface area contributed by atoms with Gasteiger partial charge in [0, 0.05) is 4.88 Å². The highest BCUT2D eigenvalue weighted by Gasteiger charge is 2.29. The number of thiophene rings is 1. The molecule has 0 bridgehead atoms. The Bertz CT molecular complexity index is 1130. The lowest BCUT2D eigenvalue weighted by Crippen LogP contribution is -2.18. The van der Waals surface area contributed by atoms with E-state index in [4.69, 9.17) is 4.74 Å². The smallest absolute Gasteiger partial charge is 0.341 e. The lowest BCUT2D eigenvalue weighted by atomic mass is 9.88. The van der Waals surface area contributed by atoms with E-state index in [0.29, 0.717) is 27.3 Å². The molecule has 2 aromatic heterocycles. The van der Waals surface area contributed by atoms with Gasteiger partial charge in [-0.3, -0.25) is 4.79 Å². The van der Waals surface area contributed by atoms with E-state index in [-0.39, 0.29) is 24.1 Å². The summed E-state index contributed by atoms with van der Waals surface area (Å²) >= 11 is 2.60. The van der Waals surface area contributed by atoms with Crippen LogP contribution in [0.4, 0.5) is 9.39 Å². The van der Waals surface area contributed by atoms with Gasteiger partial charge in [0.25, 0.3) is 0 Å². The molecule has 0 radical (unpaired) electrons. The van der Waals surface area contributed by atoms with Gasteiger partial charge in [0.05, 0.1) is 23.6 Å². The zero-order valence-electron chi connectivity index (χ0n) is 17.6. The second-order valence-electron chi connectivity index (χ2n) is 7.46. The molecule has 0 saturated carbocycles.